The minimum atomic E-state index is 0.742. The molecule has 1 saturated heterocycles. The quantitative estimate of drug-likeness (QED) is 0.894. The van der Waals surface area contributed by atoms with Gasteiger partial charge in [-0.15, -0.1) is 0 Å². The molecule has 3 heteroatoms. The third-order valence-corrected chi connectivity index (χ3v) is 4.52. The van der Waals surface area contributed by atoms with Crippen molar-refractivity contribution in [3.8, 4) is 0 Å². The number of nitrogens with one attached hydrogen (secondary N) is 1. The van der Waals surface area contributed by atoms with Gasteiger partial charge in [0.15, 0.2) is 0 Å². The van der Waals surface area contributed by atoms with Gasteiger partial charge in [-0.1, -0.05) is 13.8 Å². The molecule has 0 radical (unpaired) electrons. The van der Waals surface area contributed by atoms with Crippen molar-refractivity contribution in [2.75, 3.05) is 13.1 Å². The van der Waals surface area contributed by atoms with E-state index in [2.05, 4.69) is 37.1 Å². The molecule has 0 aromatic carbocycles. The summed E-state index contributed by atoms with van der Waals surface area (Å²) in [5.74, 6) is 3.89. The molecule has 20 heavy (non-hydrogen) atoms. The van der Waals surface area contributed by atoms with Crippen LogP contribution in [-0.4, -0.2) is 24.0 Å². The molecule has 3 rings (SSSR count). The molecule has 2 heterocycles. The van der Waals surface area contributed by atoms with Gasteiger partial charge in [0.05, 0.1) is 13.1 Å². The third kappa shape index (κ3) is 3.64. The standard InChI is InChI=1S/C17H28N2O/c1-12-6-13(2)10-19(9-12)11-16-7-14(3)17(20-16)8-18-15-4-5-15/h7,12-13,15,18H,4-6,8-11H2,1-3H3. The first-order valence-corrected chi connectivity index (χ1v) is 8.14. The molecule has 112 valence electrons. The average Bonchev–Trinajstić information content (AvgIpc) is 3.11. The van der Waals surface area contributed by atoms with Crippen LogP contribution in [0.15, 0.2) is 10.5 Å². The lowest BCUT2D eigenvalue weighted by Gasteiger charge is -2.34. The summed E-state index contributed by atoms with van der Waals surface area (Å²) in [5, 5.41) is 3.54. The van der Waals surface area contributed by atoms with Gasteiger partial charge in [0.2, 0.25) is 0 Å². The first-order valence-electron chi connectivity index (χ1n) is 8.14. The zero-order chi connectivity index (χ0) is 14.1. The minimum Gasteiger partial charge on any atom is -0.463 e. The largest absolute Gasteiger partial charge is 0.463 e. The topological polar surface area (TPSA) is 28.4 Å². The van der Waals surface area contributed by atoms with E-state index in [4.69, 9.17) is 4.42 Å². The van der Waals surface area contributed by atoms with Gasteiger partial charge in [-0.05, 0) is 49.7 Å². The molecule has 1 aliphatic heterocycles. The van der Waals surface area contributed by atoms with E-state index < -0.39 is 0 Å². The Labute approximate surface area is 122 Å². The first-order chi connectivity index (χ1) is 9.60. The molecule has 2 atom stereocenters. The summed E-state index contributed by atoms with van der Waals surface area (Å²) in [6, 6.07) is 2.97. The van der Waals surface area contributed by atoms with Gasteiger partial charge in [0.25, 0.3) is 0 Å². The zero-order valence-corrected chi connectivity index (χ0v) is 13.1. The molecule has 0 amide bonds. The predicted octanol–water partition coefficient (Wildman–Crippen LogP) is 3.32. The van der Waals surface area contributed by atoms with Crippen LogP contribution in [0.3, 0.4) is 0 Å². The summed E-state index contributed by atoms with van der Waals surface area (Å²) in [7, 11) is 0. The fourth-order valence-electron chi connectivity index (χ4n) is 3.51. The predicted molar refractivity (Wildman–Crippen MR) is 81.5 cm³/mol. The Morgan fingerprint density at radius 2 is 1.95 bits per heavy atom. The normalized spacial score (nSPS) is 27.9. The maximum absolute atomic E-state index is 6.06. The van der Waals surface area contributed by atoms with Gasteiger partial charge in [-0.3, -0.25) is 4.90 Å². The van der Waals surface area contributed by atoms with Crippen molar-refractivity contribution in [3.63, 3.8) is 0 Å². The van der Waals surface area contributed by atoms with Crippen molar-refractivity contribution >= 4 is 0 Å². The van der Waals surface area contributed by atoms with E-state index in [-0.39, 0.29) is 0 Å². The second-order valence-electron chi connectivity index (χ2n) is 7.11. The van der Waals surface area contributed by atoms with Crippen LogP contribution < -0.4 is 5.32 Å². The Balaban J connectivity index is 1.57. The molecule has 1 aromatic heterocycles. The van der Waals surface area contributed by atoms with E-state index in [1.807, 2.05) is 0 Å². The van der Waals surface area contributed by atoms with Crippen LogP contribution in [0.5, 0.6) is 0 Å². The maximum Gasteiger partial charge on any atom is 0.120 e. The molecule has 1 aliphatic carbocycles. The summed E-state index contributed by atoms with van der Waals surface area (Å²) < 4.78 is 6.06. The summed E-state index contributed by atoms with van der Waals surface area (Å²) in [6.07, 6.45) is 4.02. The number of piperidine rings is 1. The highest BCUT2D eigenvalue weighted by Gasteiger charge is 2.24. The Hall–Kier alpha value is -0.800. The molecular weight excluding hydrogens is 248 g/mol. The van der Waals surface area contributed by atoms with Crippen LogP contribution in [-0.2, 0) is 13.1 Å². The highest BCUT2D eigenvalue weighted by Crippen LogP contribution is 2.25. The molecule has 3 nitrogen and oxygen atoms in total. The summed E-state index contributed by atoms with van der Waals surface area (Å²) >= 11 is 0. The Morgan fingerprint density at radius 1 is 1.25 bits per heavy atom. The number of aryl methyl sites for hydroxylation is 1. The van der Waals surface area contributed by atoms with Crippen LogP contribution >= 0.6 is 0 Å². The minimum absolute atomic E-state index is 0.742. The van der Waals surface area contributed by atoms with E-state index >= 15 is 0 Å². The van der Waals surface area contributed by atoms with Crippen molar-refractivity contribution < 1.29 is 4.42 Å². The monoisotopic (exact) mass is 276 g/mol. The molecule has 0 spiro atoms. The number of likely N-dealkylation sites (tertiary alicyclic amines) is 1. The molecule has 1 aromatic rings. The van der Waals surface area contributed by atoms with E-state index in [1.165, 1.54) is 37.9 Å². The van der Waals surface area contributed by atoms with Crippen molar-refractivity contribution in [2.45, 2.75) is 59.2 Å². The van der Waals surface area contributed by atoms with Gasteiger partial charge in [-0.25, -0.2) is 0 Å². The van der Waals surface area contributed by atoms with Crippen molar-refractivity contribution in [1.29, 1.82) is 0 Å². The van der Waals surface area contributed by atoms with Crippen molar-refractivity contribution in [3.05, 3.63) is 23.2 Å². The van der Waals surface area contributed by atoms with Crippen LogP contribution in [0.4, 0.5) is 0 Å². The van der Waals surface area contributed by atoms with Crippen molar-refractivity contribution in [2.24, 2.45) is 11.8 Å². The summed E-state index contributed by atoms with van der Waals surface area (Å²) in [5.41, 5.74) is 1.30. The number of furan rings is 1. The lowest BCUT2D eigenvalue weighted by molar-refractivity contribution is 0.125. The van der Waals surface area contributed by atoms with Crippen LogP contribution in [0.2, 0.25) is 0 Å². The number of rotatable bonds is 5. The fourth-order valence-corrected chi connectivity index (χ4v) is 3.51. The van der Waals surface area contributed by atoms with Crippen molar-refractivity contribution in [1.82, 2.24) is 10.2 Å². The van der Waals surface area contributed by atoms with Crippen LogP contribution in [0.1, 0.15) is 50.2 Å². The second kappa shape index (κ2) is 5.90. The third-order valence-electron chi connectivity index (χ3n) is 4.52. The molecule has 2 unspecified atom stereocenters. The van der Waals surface area contributed by atoms with Gasteiger partial charge in [0, 0.05) is 19.1 Å². The summed E-state index contributed by atoms with van der Waals surface area (Å²) in [4.78, 5) is 2.55. The summed E-state index contributed by atoms with van der Waals surface area (Å²) in [6.45, 7) is 11.2. The zero-order valence-electron chi connectivity index (χ0n) is 13.1. The number of hydrogen-bond acceptors (Lipinski definition) is 3. The average molecular weight is 276 g/mol. The lowest BCUT2D eigenvalue weighted by Crippen LogP contribution is -2.37. The van der Waals surface area contributed by atoms with E-state index in [9.17, 15) is 0 Å². The highest BCUT2D eigenvalue weighted by molar-refractivity contribution is 5.20. The Morgan fingerprint density at radius 3 is 2.60 bits per heavy atom. The first kappa shape index (κ1) is 14.2. The molecule has 1 N–H and O–H groups in total. The smallest absolute Gasteiger partial charge is 0.120 e. The Kier molecular flexibility index (Phi) is 4.18. The van der Waals surface area contributed by atoms with Crippen LogP contribution in [0.25, 0.3) is 0 Å². The number of hydrogen-bond donors (Lipinski definition) is 1. The maximum atomic E-state index is 6.06. The van der Waals surface area contributed by atoms with E-state index in [0.29, 0.717) is 0 Å². The second-order valence-corrected chi connectivity index (χ2v) is 7.11. The molecular formula is C17H28N2O. The molecule has 0 bridgehead atoms. The van der Waals surface area contributed by atoms with Crippen LogP contribution in [0, 0.1) is 18.8 Å². The SMILES string of the molecule is Cc1cc(CN2CC(C)CC(C)C2)oc1CNC1CC1. The van der Waals surface area contributed by atoms with Gasteiger partial charge < -0.3 is 9.73 Å². The van der Waals surface area contributed by atoms with Gasteiger partial charge >= 0.3 is 0 Å². The van der Waals surface area contributed by atoms with E-state index in [0.717, 1.165) is 42.5 Å². The van der Waals surface area contributed by atoms with Gasteiger partial charge in [0.1, 0.15) is 11.5 Å². The molecule has 2 fully saturated rings. The number of nitrogens with zero attached hydrogens (tertiary/aromatic N) is 1. The molecule has 2 aliphatic rings. The lowest BCUT2D eigenvalue weighted by atomic mass is 9.92. The van der Waals surface area contributed by atoms with Gasteiger partial charge in [-0.2, -0.15) is 0 Å². The van der Waals surface area contributed by atoms with E-state index in [1.54, 1.807) is 0 Å². The molecule has 1 saturated carbocycles. The fraction of sp³-hybridized carbons (Fsp3) is 0.765. The Bertz CT molecular complexity index is 440. The highest BCUT2D eigenvalue weighted by atomic mass is 16.3.